The zero-order valence-electron chi connectivity index (χ0n) is 35.0. The summed E-state index contributed by atoms with van der Waals surface area (Å²) >= 11 is 0. The molecule has 3 heterocycles. The Kier molecular flexibility index (Phi) is 16.6. The first-order valence-corrected chi connectivity index (χ1v) is 20.2. The third-order valence-corrected chi connectivity index (χ3v) is 12.5. The summed E-state index contributed by atoms with van der Waals surface area (Å²) in [6.07, 6.45) is -3.21. The molecule has 3 aliphatic heterocycles. The Morgan fingerprint density at radius 1 is 0.906 bits per heavy atom. The lowest BCUT2D eigenvalue weighted by Gasteiger charge is -2.53. The van der Waals surface area contributed by atoms with Gasteiger partial charge in [-0.2, -0.15) is 0 Å². The van der Waals surface area contributed by atoms with E-state index in [0.29, 0.717) is 31.8 Å². The van der Waals surface area contributed by atoms with E-state index in [2.05, 4.69) is 24.5 Å². The first-order chi connectivity index (χ1) is 24.6. The van der Waals surface area contributed by atoms with Crippen molar-refractivity contribution >= 4 is 5.97 Å². The fraction of sp³-hybridized carbons (Fsp3) is 0.975. The van der Waals surface area contributed by atoms with E-state index in [4.69, 9.17) is 28.4 Å². The number of aliphatic hydroxyl groups excluding tert-OH is 1. The van der Waals surface area contributed by atoms with Crippen molar-refractivity contribution < 1.29 is 53.6 Å². The minimum absolute atomic E-state index is 0.0311. The van der Waals surface area contributed by atoms with Gasteiger partial charge in [0, 0.05) is 38.5 Å². The largest absolute Gasteiger partial charge is 0.459 e. The van der Waals surface area contributed by atoms with Gasteiger partial charge in [0.2, 0.25) is 0 Å². The topological polar surface area (TPSA) is 177 Å². The second-order valence-corrected chi connectivity index (χ2v) is 17.6. The van der Waals surface area contributed by atoms with Gasteiger partial charge in [-0.1, -0.05) is 34.6 Å². The maximum atomic E-state index is 14.2. The summed E-state index contributed by atoms with van der Waals surface area (Å²) in [7, 11) is 1.56. The van der Waals surface area contributed by atoms with Gasteiger partial charge < -0.3 is 59.5 Å². The number of cyclic esters (lactones) is 1. The molecular formula is C40H76N2O11. The Balaban J connectivity index is 2.11. The lowest BCUT2D eigenvalue weighted by molar-refractivity contribution is -0.333. The molecule has 53 heavy (non-hydrogen) atoms. The molecule has 3 fully saturated rings. The number of methoxy groups -OCH3 is 1. The molecule has 0 aromatic heterocycles. The summed E-state index contributed by atoms with van der Waals surface area (Å²) in [5, 5.41) is 54.0. The van der Waals surface area contributed by atoms with Gasteiger partial charge in [-0.3, -0.25) is 4.79 Å². The van der Waals surface area contributed by atoms with Crippen molar-refractivity contribution in [3.63, 3.8) is 0 Å². The van der Waals surface area contributed by atoms with E-state index in [1.165, 1.54) is 6.92 Å². The smallest absolute Gasteiger partial charge is 0.311 e. The van der Waals surface area contributed by atoms with Crippen LogP contribution < -0.4 is 10.6 Å². The molecule has 0 unspecified atom stereocenters. The highest BCUT2D eigenvalue weighted by molar-refractivity contribution is 5.73. The molecule has 0 spiro atoms. The highest BCUT2D eigenvalue weighted by Crippen LogP contribution is 2.43. The Morgan fingerprint density at radius 2 is 1.57 bits per heavy atom. The van der Waals surface area contributed by atoms with Crippen molar-refractivity contribution in [1.29, 1.82) is 0 Å². The fourth-order valence-corrected chi connectivity index (χ4v) is 9.02. The minimum atomic E-state index is -1.77. The number of hydrogen-bond donors (Lipinski definition) is 6. The number of carbonyl (C=O) groups is 1. The molecule has 0 bridgehead atoms. The van der Waals surface area contributed by atoms with Gasteiger partial charge in [-0.15, -0.1) is 0 Å². The maximum Gasteiger partial charge on any atom is 0.311 e. The predicted molar refractivity (Wildman–Crippen MR) is 202 cm³/mol. The van der Waals surface area contributed by atoms with E-state index >= 15 is 0 Å². The van der Waals surface area contributed by atoms with E-state index in [0.717, 1.165) is 12.8 Å². The van der Waals surface area contributed by atoms with Crippen LogP contribution in [0.25, 0.3) is 0 Å². The average molecular weight is 761 g/mol. The normalized spacial score (nSPS) is 48.4. The van der Waals surface area contributed by atoms with E-state index in [9.17, 15) is 25.2 Å². The summed E-state index contributed by atoms with van der Waals surface area (Å²) in [4.78, 5) is 14.2. The predicted octanol–water partition coefficient (Wildman–Crippen LogP) is 3.66. The molecule has 0 aromatic carbocycles. The second-order valence-electron chi connectivity index (χ2n) is 17.6. The molecule has 3 saturated heterocycles. The summed E-state index contributed by atoms with van der Waals surface area (Å²) in [6.45, 7) is 23.7. The quantitative estimate of drug-likeness (QED) is 0.141. The summed E-state index contributed by atoms with van der Waals surface area (Å²) in [6, 6.07) is -0.551. The second kappa shape index (κ2) is 19.0. The van der Waals surface area contributed by atoms with Crippen LogP contribution in [0.4, 0.5) is 0 Å². The highest BCUT2D eigenvalue weighted by atomic mass is 16.7. The highest BCUT2D eigenvalue weighted by Gasteiger charge is 2.58. The van der Waals surface area contributed by atoms with E-state index in [1.54, 1.807) is 41.7 Å². The van der Waals surface area contributed by atoms with Crippen molar-refractivity contribution in [1.82, 2.24) is 10.6 Å². The van der Waals surface area contributed by atoms with Crippen LogP contribution in [-0.4, -0.2) is 131 Å². The molecule has 17 atom stereocenters. The van der Waals surface area contributed by atoms with Crippen LogP contribution >= 0.6 is 0 Å². The molecule has 312 valence electrons. The molecule has 0 aromatic rings. The number of rotatable bonds is 10. The summed E-state index contributed by atoms with van der Waals surface area (Å²) < 4.78 is 38.4. The zero-order chi connectivity index (χ0) is 40.1. The van der Waals surface area contributed by atoms with Gasteiger partial charge >= 0.3 is 5.97 Å². The van der Waals surface area contributed by atoms with Gasteiger partial charge in [-0.05, 0) is 99.1 Å². The Morgan fingerprint density at radius 3 is 2.15 bits per heavy atom. The van der Waals surface area contributed by atoms with Crippen molar-refractivity contribution in [3.05, 3.63) is 0 Å². The van der Waals surface area contributed by atoms with Crippen molar-refractivity contribution in [2.75, 3.05) is 26.7 Å². The van der Waals surface area contributed by atoms with Crippen LogP contribution in [-0.2, 0) is 33.2 Å². The average Bonchev–Trinajstić information content (AvgIpc) is 3.07. The van der Waals surface area contributed by atoms with Crippen LogP contribution in [0.3, 0.4) is 0 Å². The van der Waals surface area contributed by atoms with E-state index in [-0.39, 0.29) is 31.4 Å². The standard InChI is InChI=1S/C40H76N2O11/c1-14-16-41-22-40(47)29(9)50-32(20-38(40,11)48-13)52-33-26(6)35(53-31-18-23(3)17-25(5)49-31)37(10,45)19-24(4)21-42-28(8)34(43)39(12,46)30(15-2)51-36(44)27(33)7/h23-35,41-43,45-47H,14-22H2,1-13H3/t23-,24+,25+,26-,27+,28+,29-,30+,31-,32-,33-,34+,35+,37+,38+,39+,40-/m0/s1. The Labute approximate surface area is 319 Å². The number of ether oxygens (including phenoxy) is 6. The molecule has 0 aliphatic carbocycles. The lowest BCUT2D eigenvalue weighted by Crippen LogP contribution is -2.70. The Bertz CT molecular complexity index is 1130. The molecule has 3 rings (SSSR count). The molecule has 0 radical (unpaired) electrons. The van der Waals surface area contributed by atoms with Gasteiger partial charge in [0.05, 0.1) is 35.9 Å². The van der Waals surface area contributed by atoms with Gasteiger partial charge in [0.15, 0.2) is 12.6 Å². The van der Waals surface area contributed by atoms with Gasteiger partial charge in [0.1, 0.15) is 29.0 Å². The number of hydrogen-bond acceptors (Lipinski definition) is 13. The van der Waals surface area contributed by atoms with Crippen LogP contribution in [0.1, 0.15) is 122 Å². The SMILES string of the molecule is CCCNC[C@]1(O)[C@H](C)O[C@@H](O[C@H]2[C@H](C)[C@@H](O[C@H]3C[C@@H](C)C[C@@H](C)O3)[C@](C)(O)C[C@@H](C)CN[C@H](C)[C@@H](O)[C@](C)(O)[C@@H](CC)OC(=O)[C@@H]2C)C[C@@]1(C)OC. The number of nitrogens with one attached hydrogen (secondary N) is 2. The summed E-state index contributed by atoms with van der Waals surface area (Å²) in [5.41, 5.74) is -5.68. The van der Waals surface area contributed by atoms with E-state index < -0.39 is 89.4 Å². The molecule has 0 amide bonds. The number of aliphatic hydroxyl groups is 4. The molecule has 13 heteroatoms. The lowest BCUT2D eigenvalue weighted by atomic mass is 9.75. The van der Waals surface area contributed by atoms with Gasteiger partial charge in [-0.25, -0.2) is 0 Å². The van der Waals surface area contributed by atoms with Crippen LogP contribution in [0.2, 0.25) is 0 Å². The van der Waals surface area contributed by atoms with Crippen molar-refractivity contribution in [2.45, 2.75) is 199 Å². The van der Waals surface area contributed by atoms with Crippen LogP contribution in [0.5, 0.6) is 0 Å². The number of esters is 1. The van der Waals surface area contributed by atoms with Gasteiger partial charge in [0.25, 0.3) is 0 Å². The molecule has 3 aliphatic rings. The molecule has 13 nitrogen and oxygen atoms in total. The van der Waals surface area contributed by atoms with Crippen molar-refractivity contribution in [2.24, 2.45) is 23.7 Å². The van der Waals surface area contributed by atoms with Crippen LogP contribution in [0.15, 0.2) is 0 Å². The first kappa shape index (κ1) is 46.4. The monoisotopic (exact) mass is 761 g/mol. The molecular weight excluding hydrogens is 684 g/mol. The summed E-state index contributed by atoms with van der Waals surface area (Å²) in [5.74, 6) is -1.95. The fourth-order valence-electron chi connectivity index (χ4n) is 9.02. The molecule has 6 N–H and O–H groups in total. The van der Waals surface area contributed by atoms with Crippen molar-refractivity contribution in [3.8, 4) is 0 Å². The maximum absolute atomic E-state index is 14.2. The van der Waals surface area contributed by atoms with Crippen LogP contribution in [0, 0.1) is 23.7 Å². The van der Waals surface area contributed by atoms with E-state index in [1.807, 2.05) is 27.7 Å². The third kappa shape index (κ3) is 10.9. The first-order valence-electron chi connectivity index (χ1n) is 20.2. The minimum Gasteiger partial charge on any atom is -0.459 e. The zero-order valence-corrected chi connectivity index (χ0v) is 35.0. The Hall–Kier alpha value is -0.970. The molecule has 0 saturated carbocycles. The number of carbonyl (C=O) groups excluding carboxylic acids is 1. The third-order valence-electron chi connectivity index (χ3n) is 12.5.